The molecule has 2 aliphatic heterocycles. The van der Waals surface area contributed by atoms with E-state index < -0.39 is 0 Å². The highest BCUT2D eigenvalue weighted by atomic mass is 35.5. The Labute approximate surface area is 176 Å². The topological polar surface area (TPSA) is 69.7 Å². The summed E-state index contributed by atoms with van der Waals surface area (Å²) in [7, 11) is 0. The van der Waals surface area contributed by atoms with Gasteiger partial charge in [0.1, 0.15) is 0 Å². The number of carbonyl (C=O) groups excluding carboxylic acids is 3. The van der Waals surface area contributed by atoms with Gasteiger partial charge in [-0.25, -0.2) is 4.90 Å². The minimum absolute atomic E-state index is 0. The molecule has 4 rings (SSSR count). The molecule has 0 radical (unpaired) electrons. The number of imide groups is 1. The first-order valence-corrected chi connectivity index (χ1v) is 9.50. The molecule has 1 saturated heterocycles. The second kappa shape index (κ2) is 7.97. The fraction of sp³-hybridized carbons (Fsp3) is 0.318. The zero-order chi connectivity index (χ0) is 20.0. The van der Waals surface area contributed by atoms with Gasteiger partial charge in [0.05, 0.1) is 16.8 Å². The molecule has 0 saturated carbocycles. The molecule has 2 aromatic rings. The number of amides is 3. The Bertz CT molecular complexity index is 1000. The Morgan fingerprint density at radius 1 is 1.03 bits per heavy atom. The number of nitrogens with one attached hydrogen (secondary N) is 1. The minimum atomic E-state index is -0.378. The highest BCUT2D eigenvalue weighted by molar-refractivity contribution is 6.35. The SMILES string of the molecule is Cc1ccc(C)c(N2C(=O)c3ccc(C(=O)N4CCNC[C@H]4C)cc3C2=O)c1.Cl. The molecule has 3 amide bonds. The van der Waals surface area contributed by atoms with Crippen molar-refractivity contribution in [3.05, 3.63) is 64.2 Å². The van der Waals surface area contributed by atoms with Crippen molar-refractivity contribution in [2.45, 2.75) is 26.8 Å². The molecule has 0 unspecified atom stereocenters. The lowest BCUT2D eigenvalue weighted by Gasteiger charge is -2.34. The van der Waals surface area contributed by atoms with Crippen LogP contribution in [0.2, 0.25) is 0 Å². The van der Waals surface area contributed by atoms with Gasteiger partial charge in [-0.05, 0) is 56.2 Å². The minimum Gasteiger partial charge on any atom is -0.333 e. The van der Waals surface area contributed by atoms with Crippen molar-refractivity contribution >= 4 is 35.8 Å². The molecule has 1 fully saturated rings. The van der Waals surface area contributed by atoms with Crippen molar-refractivity contribution in [2.24, 2.45) is 0 Å². The van der Waals surface area contributed by atoms with Gasteiger partial charge in [0.25, 0.3) is 17.7 Å². The Balaban J connectivity index is 0.00000240. The van der Waals surface area contributed by atoms with Crippen LogP contribution >= 0.6 is 12.4 Å². The molecule has 0 bridgehead atoms. The van der Waals surface area contributed by atoms with Crippen molar-refractivity contribution < 1.29 is 14.4 Å². The molecule has 1 N–H and O–H groups in total. The third-order valence-electron chi connectivity index (χ3n) is 5.50. The summed E-state index contributed by atoms with van der Waals surface area (Å²) >= 11 is 0. The van der Waals surface area contributed by atoms with Gasteiger partial charge in [-0.2, -0.15) is 0 Å². The van der Waals surface area contributed by atoms with Crippen molar-refractivity contribution in [1.82, 2.24) is 10.2 Å². The van der Waals surface area contributed by atoms with Gasteiger partial charge in [-0.3, -0.25) is 14.4 Å². The highest BCUT2D eigenvalue weighted by Crippen LogP contribution is 2.32. The number of carbonyl (C=O) groups is 3. The average Bonchev–Trinajstić information content (AvgIpc) is 2.94. The van der Waals surface area contributed by atoms with E-state index in [0.29, 0.717) is 28.9 Å². The normalized spacial score (nSPS) is 18.5. The van der Waals surface area contributed by atoms with Gasteiger partial charge in [0.2, 0.25) is 0 Å². The van der Waals surface area contributed by atoms with E-state index in [9.17, 15) is 14.4 Å². The number of fused-ring (bicyclic) bond motifs is 1. The number of aryl methyl sites for hydroxylation is 2. The summed E-state index contributed by atoms with van der Waals surface area (Å²) in [5, 5.41) is 3.26. The maximum Gasteiger partial charge on any atom is 0.266 e. The first-order valence-electron chi connectivity index (χ1n) is 9.50. The third-order valence-corrected chi connectivity index (χ3v) is 5.50. The largest absolute Gasteiger partial charge is 0.333 e. The van der Waals surface area contributed by atoms with E-state index in [1.54, 1.807) is 18.2 Å². The van der Waals surface area contributed by atoms with Crippen LogP contribution in [0.25, 0.3) is 0 Å². The Hall–Kier alpha value is -2.70. The van der Waals surface area contributed by atoms with Gasteiger partial charge in [0.15, 0.2) is 0 Å². The molecule has 2 aliphatic rings. The lowest BCUT2D eigenvalue weighted by Crippen LogP contribution is -2.52. The predicted octanol–water partition coefficient (Wildman–Crippen LogP) is 2.96. The van der Waals surface area contributed by atoms with Crippen LogP contribution in [0.4, 0.5) is 5.69 Å². The van der Waals surface area contributed by atoms with Gasteiger partial charge < -0.3 is 10.2 Å². The monoisotopic (exact) mass is 413 g/mol. The molecule has 29 heavy (non-hydrogen) atoms. The first-order chi connectivity index (χ1) is 13.4. The summed E-state index contributed by atoms with van der Waals surface area (Å²) in [6.07, 6.45) is 0. The molecule has 1 atom stereocenters. The van der Waals surface area contributed by atoms with E-state index in [4.69, 9.17) is 0 Å². The standard InChI is InChI=1S/C22H23N3O3.ClH/c1-13-4-5-14(2)19(10-13)25-21(27)17-7-6-16(11-18(17)22(25)28)20(26)24-9-8-23-12-15(24)3;/h4-7,10-11,15,23H,8-9,12H2,1-3H3;1H/t15-;/m1./s1. The van der Waals surface area contributed by atoms with Crippen LogP contribution in [0, 0.1) is 13.8 Å². The van der Waals surface area contributed by atoms with Crippen LogP contribution in [0.3, 0.4) is 0 Å². The van der Waals surface area contributed by atoms with E-state index in [1.807, 2.05) is 43.9 Å². The number of halogens is 1. The van der Waals surface area contributed by atoms with E-state index in [2.05, 4.69) is 5.32 Å². The fourth-order valence-electron chi connectivity index (χ4n) is 3.86. The van der Waals surface area contributed by atoms with E-state index in [1.165, 1.54) is 4.90 Å². The lowest BCUT2D eigenvalue weighted by molar-refractivity contribution is 0.0655. The zero-order valence-corrected chi connectivity index (χ0v) is 17.5. The fourth-order valence-corrected chi connectivity index (χ4v) is 3.86. The molecule has 152 valence electrons. The predicted molar refractivity (Wildman–Crippen MR) is 114 cm³/mol. The van der Waals surface area contributed by atoms with Crippen LogP contribution < -0.4 is 10.2 Å². The molecule has 0 aliphatic carbocycles. The quantitative estimate of drug-likeness (QED) is 0.768. The first kappa shape index (κ1) is 21.0. The highest BCUT2D eigenvalue weighted by Gasteiger charge is 2.38. The summed E-state index contributed by atoms with van der Waals surface area (Å²) < 4.78 is 0. The van der Waals surface area contributed by atoms with Crippen molar-refractivity contribution in [3.8, 4) is 0 Å². The van der Waals surface area contributed by atoms with Crippen molar-refractivity contribution in [3.63, 3.8) is 0 Å². The molecule has 0 spiro atoms. The molecule has 2 aromatic carbocycles. The lowest BCUT2D eigenvalue weighted by atomic mass is 10.0. The summed E-state index contributed by atoms with van der Waals surface area (Å²) in [6.45, 7) is 7.91. The number of anilines is 1. The summed E-state index contributed by atoms with van der Waals surface area (Å²) in [6, 6.07) is 10.6. The van der Waals surface area contributed by atoms with Crippen LogP contribution in [-0.4, -0.2) is 48.3 Å². The van der Waals surface area contributed by atoms with Crippen LogP contribution in [-0.2, 0) is 0 Å². The van der Waals surface area contributed by atoms with Gasteiger partial charge >= 0.3 is 0 Å². The van der Waals surface area contributed by atoms with Gasteiger partial charge in [-0.15, -0.1) is 12.4 Å². The molecular weight excluding hydrogens is 390 g/mol. The zero-order valence-electron chi connectivity index (χ0n) is 16.7. The van der Waals surface area contributed by atoms with E-state index >= 15 is 0 Å². The van der Waals surface area contributed by atoms with Gasteiger partial charge in [0, 0.05) is 31.2 Å². The number of benzene rings is 2. The van der Waals surface area contributed by atoms with Crippen molar-refractivity contribution in [1.29, 1.82) is 0 Å². The molecule has 7 heteroatoms. The van der Waals surface area contributed by atoms with Crippen LogP contribution in [0.1, 0.15) is 49.1 Å². The van der Waals surface area contributed by atoms with E-state index in [-0.39, 0.29) is 36.2 Å². The average molecular weight is 414 g/mol. The molecule has 0 aromatic heterocycles. The van der Waals surface area contributed by atoms with Crippen LogP contribution in [0.5, 0.6) is 0 Å². The Morgan fingerprint density at radius 2 is 1.76 bits per heavy atom. The number of hydrogen-bond acceptors (Lipinski definition) is 4. The number of rotatable bonds is 2. The maximum absolute atomic E-state index is 13.1. The second-order valence-electron chi connectivity index (χ2n) is 7.55. The maximum atomic E-state index is 13.1. The smallest absolute Gasteiger partial charge is 0.266 e. The third kappa shape index (κ3) is 3.54. The number of piperazine rings is 1. The number of hydrogen-bond donors (Lipinski definition) is 1. The molecular formula is C22H24ClN3O3. The Morgan fingerprint density at radius 3 is 2.48 bits per heavy atom. The van der Waals surface area contributed by atoms with Gasteiger partial charge in [-0.1, -0.05) is 12.1 Å². The summed E-state index contributed by atoms with van der Waals surface area (Å²) in [5.74, 6) is -0.831. The summed E-state index contributed by atoms with van der Waals surface area (Å²) in [5.41, 5.74) is 3.49. The Kier molecular flexibility index (Phi) is 5.78. The molecule has 2 heterocycles. The number of nitrogens with zero attached hydrogens (tertiary/aromatic N) is 2. The van der Waals surface area contributed by atoms with Crippen molar-refractivity contribution in [2.75, 3.05) is 24.5 Å². The van der Waals surface area contributed by atoms with E-state index in [0.717, 1.165) is 24.2 Å². The second-order valence-corrected chi connectivity index (χ2v) is 7.55. The van der Waals surface area contributed by atoms with Crippen LogP contribution in [0.15, 0.2) is 36.4 Å². The molecule has 6 nitrogen and oxygen atoms in total. The summed E-state index contributed by atoms with van der Waals surface area (Å²) in [4.78, 5) is 41.9.